The highest BCUT2D eigenvalue weighted by atomic mass is 79.9. The molecule has 0 radical (unpaired) electrons. The molecule has 0 saturated heterocycles. The number of benzene rings is 2. The number of rotatable bonds is 3. The molecule has 0 aliphatic carbocycles. The number of phenols is 1. The number of phenolic OH excluding ortho intramolecular Hbond substituents is 1. The molecule has 1 amide bonds. The van der Waals surface area contributed by atoms with Crippen molar-refractivity contribution in [1.82, 2.24) is 5.43 Å². The second kappa shape index (κ2) is 6.87. The van der Waals surface area contributed by atoms with E-state index in [1.807, 2.05) is 19.1 Å². The number of amides is 1. The molecular formula is C15H12Br2N2O2. The maximum atomic E-state index is 11.9. The lowest BCUT2D eigenvalue weighted by atomic mass is 10.1. The third-order valence-electron chi connectivity index (χ3n) is 2.71. The van der Waals surface area contributed by atoms with Crippen LogP contribution in [0, 0.1) is 6.92 Å². The number of aromatic hydroxyl groups is 1. The molecule has 0 aliphatic rings. The molecule has 108 valence electrons. The summed E-state index contributed by atoms with van der Waals surface area (Å²) in [7, 11) is 0. The van der Waals surface area contributed by atoms with Gasteiger partial charge in [0.1, 0.15) is 5.75 Å². The normalized spacial score (nSPS) is 10.8. The van der Waals surface area contributed by atoms with Crippen molar-refractivity contribution >= 4 is 44.0 Å². The first-order valence-electron chi connectivity index (χ1n) is 6.05. The topological polar surface area (TPSA) is 61.7 Å². The van der Waals surface area contributed by atoms with Crippen LogP contribution in [0.4, 0.5) is 0 Å². The summed E-state index contributed by atoms with van der Waals surface area (Å²) in [6.45, 7) is 1.91. The fourth-order valence-electron chi connectivity index (χ4n) is 1.70. The molecule has 0 unspecified atom stereocenters. The Morgan fingerprint density at radius 1 is 1.29 bits per heavy atom. The lowest BCUT2D eigenvalue weighted by Gasteiger charge is -2.03. The van der Waals surface area contributed by atoms with E-state index in [-0.39, 0.29) is 11.7 Å². The molecule has 2 aromatic carbocycles. The van der Waals surface area contributed by atoms with E-state index < -0.39 is 0 Å². The van der Waals surface area contributed by atoms with Gasteiger partial charge < -0.3 is 5.11 Å². The number of hydrazone groups is 1. The van der Waals surface area contributed by atoms with Gasteiger partial charge in [0.25, 0.3) is 5.91 Å². The van der Waals surface area contributed by atoms with Gasteiger partial charge in [0.05, 0.1) is 10.7 Å². The van der Waals surface area contributed by atoms with Crippen molar-refractivity contribution < 1.29 is 9.90 Å². The van der Waals surface area contributed by atoms with Gasteiger partial charge in [0.15, 0.2) is 0 Å². The maximum absolute atomic E-state index is 11.9. The van der Waals surface area contributed by atoms with Crippen molar-refractivity contribution in [3.8, 4) is 5.75 Å². The molecule has 0 spiro atoms. The lowest BCUT2D eigenvalue weighted by molar-refractivity contribution is 0.0955. The van der Waals surface area contributed by atoms with E-state index in [0.717, 1.165) is 10.0 Å². The number of carbonyl (C=O) groups is 1. The van der Waals surface area contributed by atoms with E-state index in [0.29, 0.717) is 15.6 Å². The van der Waals surface area contributed by atoms with Crippen LogP contribution in [0.15, 0.2) is 50.4 Å². The van der Waals surface area contributed by atoms with Crippen molar-refractivity contribution in [1.29, 1.82) is 0 Å². The van der Waals surface area contributed by atoms with Crippen molar-refractivity contribution in [3.63, 3.8) is 0 Å². The SMILES string of the molecule is Cc1cccc(C(=O)NN=Cc2cc(Br)cc(Br)c2O)c1. The lowest BCUT2D eigenvalue weighted by Crippen LogP contribution is -2.17. The molecule has 0 aliphatic heterocycles. The standard InChI is InChI=1S/C15H12Br2N2O2/c1-9-3-2-4-10(5-9)15(21)19-18-8-11-6-12(16)7-13(17)14(11)20/h2-8,20H,1H3,(H,19,21). The first kappa shape index (κ1) is 15.7. The summed E-state index contributed by atoms with van der Waals surface area (Å²) in [5.74, 6) is -0.241. The van der Waals surface area contributed by atoms with Crippen LogP contribution in [0.2, 0.25) is 0 Å². The number of nitrogens with zero attached hydrogens (tertiary/aromatic N) is 1. The van der Waals surface area contributed by atoms with E-state index in [1.165, 1.54) is 6.21 Å². The van der Waals surface area contributed by atoms with E-state index >= 15 is 0 Å². The van der Waals surface area contributed by atoms with Gasteiger partial charge in [0.2, 0.25) is 0 Å². The summed E-state index contributed by atoms with van der Waals surface area (Å²) in [4.78, 5) is 11.9. The van der Waals surface area contributed by atoms with E-state index in [9.17, 15) is 9.90 Å². The van der Waals surface area contributed by atoms with Crippen molar-refractivity contribution in [2.75, 3.05) is 0 Å². The van der Waals surface area contributed by atoms with Crippen molar-refractivity contribution in [3.05, 3.63) is 62.0 Å². The number of hydrogen-bond acceptors (Lipinski definition) is 3. The number of nitrogens with one attached hydrogen (secondary N) is 1. The van der Waals surface area contributed by atoms with Gasteiger partial charge in [-0.05, 0) is 47.1 Å². The fraction of sp³-hybridized carbons (Fsp3) is 0.0667. The molecule has 2 rings (SSSR count). The Balaban J connectivity index is 2.11. The Kier molecular flexibility index (Phi) is 5.14. The maximum Gasteiger partial charge on any atom is 0.271 e. The third kappa shape index (κ3) is 4.15. The van der Waals surface area contributed by atoms with Crippen molar-refractivity contribution in [2.45, 2.75) is 6.92 Å². The van der Waals surface area contributed by atoms with E-state index in [4.69, 9.17) is 0 Å². The zero-order valence-electron chi connectivity index (χ0n) is 11.1. The minimum atomic E-state index is -0.302. The van der Waals surface area contributed by atoms with Crippen LogP contribution in [0.5, 0.6) is 5.75 Å². The third-order valence-corrected chi connectivity index (χ3v) is 3.77. The average molecular weight is 412 g/mol. The molecule has 0 saturated carbocycles. The van der Waals surface area contributed by atoms with Gasteiger partial charge in [0, 0.05) is 15.6 Å². The highest BCUT2D eigenvalue weighted by Crippen LogP contribution is 2.30. The molecule has 0 aromatic heterocycles. The minimum absolute atomic E-state index is 0.0618. The minimum Gasteiger partial charge on any atom is -0.506 e. The summed E-state index contributed by atoms with van der Waals surface area (Å²) in [5.41, 5.74) is 4.45. The Labute approximate surface area is 139 Å². The van der Waals surface area contributed by atoms with Crippen LogP contribution in [-0.4, -0.2) is 17.2 Å². The summed E-state index contributed by atoms with van der Waals surface area (Å²) in [6.07, 6.45) is 1.39. The zero-order chi connectivity index (χ0) is 15.4. The van der Waals surface area contributed by atoms with E-state index in [1.54, 1.807) is 24.3 Å². The molecular weight excluding hydrogens is 400 g/mol. The highest BCUT2D eigenvalue weighted by molar-refractivity contribution is 9.11. The van der Waals surface area contributed by atoms with E-state index in [2.05, 4.69) is 42.4 Å². The predicted molar refractivity (Wildman–Crippen MR) is 89.7 cm³/mol. The van der Waals surface area contributed by atoms with Gasteiger partial charge in [-0.1, -0.05) is 33.6 Å². The molecule has 6 heteroatoms. The molecule has 0 heterocycles. The molecule has 0 atom stereocenters. The summed E-state index contributed by atoms with van der Waals surface area (Å²) in [6, 6.07) is 10.6. The summed E-state index contributed by atoms with van der Waals surface area (Å²) >= 11 is 6.56. The number of halogens is 2. The van der Waals surface area contributed by atoms with Crippen LogP contribution in [0.3, 0.4) is 0 Å². The van der Waals surface area contributed by atoms with Gasteiger partial charge in [-0.25, -0.2) is 5.43 Å². The van der Waals surface area contributed by atoms with Crippen LogP contribution in [0.25, 0.3) is 0 Å². The molecule has 2 N–H and O–H groups in total. The monoisotopic (exact) mass is 410 g/mol. The van der Waals surface area contributed by atoms with Crippen LogP contribution >= 0.6 is 31.9 Å². The second-order valence-corrected chi connectivity index (χ2v) is 6.16. The van der Waals surface area contributed by atoms with Gasteiger partial charge in [-0.3, -0.25) is 4.79 Å². The number of carbonyl (C=O) groups excluding carboxylic acids is 1. The quantitative estimate of drug-likeness (QED) is 0.592. The Morgan fingerprint density at radius 3 is 2.76 bits per heavy atom. The Bertz CT molecular complexity index is 715. The van der Waals surface area contributed by atoms with Gasteiger partial charge >= 0.3 is 0 Å². The van der Waals surface area contributed by atoms with Crippen LogP contribution in [0.1, 0.15) is 21.5 Å². The average Bonchev–Trinajstić information content (AvgIpc) is 2.43. The smallest absolute Gasteiger partial charge is 0.271 e. The zero-order valence-corrected chi connectivity index (χ0v) is 14.3. The molecule has 0 fully saturated rings. The Morgan fingerprint density at radius 2 is 2.05 bits per heavy atom. The molecule has 2 aromatic rings. The van der Waals surface area contributed by atoms with Gasteiger partial charge in [-0.15, -0.1) is 0 Å². The van der Waals surface area contributed by atoms with Crippen LogP contribution < -0.4 is 5.43 Å². The van der Waals surface area contributed by atoms with Crippen LogP contribution in [-0.2, 0) is 0 Å². The predicted octanol–water partition coefficient (Wildman–Crippen LogP) is 3.99. The van der Waals surface area contributed by atoms with Gasteiger partial charge in [-0.2, -0.15) is 5.10 Å². The largest absolute Gasteiger partial charge is 0.506 e. The summed E-state index contributed by atoms with van der Waals surface area (Å²) < 4.78 is 1.34. The number of aryl methyl sites for hydroxylation is 1. The molecule has 0 bridgehead atoms. The molecule has 4 nitrogen and oxygen atoms in total. The Hall–Kier alpha value is -1.66. The first-order chi connectivity index (χ1) is 9.97. The molecule has 21 heavy (non-hydrogen) atoms. The van der Waals surface area contributed by atoms with Crippen molar-refractivity contribution in [2.24, 2.45) is 5.10 Å². The fourth-order valence-corrected chi connectivity index (χ4v) is 2.95. The highest BCUT2D eigenvalue weighted by Gasteiger charge is 2.06. The number of hydrogen-bond donors (Lipinski definition) is 2. The second-order valence-electron chi connectivity index (χ2n) is 4.39. The first-order valence-corrected chi connectivity index (χ1v) is 7.64. The summed E-state index contributed by atoms with van der Waals surface area (Å²) in [5, 5.41) is 13.7.